The molecule has 3 N–H and O–H groups in total. The van der Waals surface area contributed by atoms with Crippen LogP contribution in [0.4, 0.5) is 5.69 Å². The lowest BCUT2D eigenvalue weighted by Crippen LogP contribution is -2.23. The summed E-state index contributed by atoms with van der Waals surface area (Å²) in [6.07, 6.45) is 4.39. The van der Waals surface area contributed by atoms with E-state index in [1.54, 1.807) is 12.1 Å². The zero-order valence-corrected chi connectivity index (χ0v) is 10.6. The SMILES string of the molecule is CC1CCC(Oc2ccc(N)cc2C(=O)O)CC1. The summed E-state index contributed by atoms with van der Waals surface area (Å²) in [6.45, 7) is 2.24. The van der Waals surface area contributed by atoms with Gasteiger partial charge in [-0.2, -0.15) is 0 Å². The van der Waals surface area contributed by atoms with Crippen LogP contribution in [-0.4, -0.2) is 17.2 Å². The van der Waals surface area contributed by atoms with Gasteiger partial charge in [-0.3, -0.25) is 0 Å². The van der Waals surface area contributed by atoms with Crippen molar-refractivity contribution in [1.29, 1.82) is 0 Å². The Labute approximate surface area is 107 Å². The van der Waals surface area contributed by atoms with E-state index >= 15 is 0 Å². The Bertz CT molecular complexity index is 437. The topological polar surface area (TPSA) is 72.5 Å². The Balaban J connectivity index is 2.11. The van der Waals surface area contributed by atoms with E-state index in [-0.39, 0.29) is 11.7 Å². The van der Waals surface area contributed by atoms with Crippen LogP contribution in [-0.2, 0) is 0 Å². The van der Waals surface area contributed by atoms with Crippen LogP contribution < -0.4 is 10.5 Å². The first-order valence-corrected chi connectivity index (χ1v) is 6.35. The molecule has 1 fully saturated rings. The summed E-state index contributed by atoms with van der Waals surface area (Å²) in [5.41, 5.74) is 6.19. The molecule has 0 amide bonds. The van der Waals surface area contributed by atoms with E-state index in [0.29, 0.717) is 11.4 Å². The Morgan fingerprint density at radius 1 is 1.33 bits per heavy atom. The standard InChI is InChI=1S/C14H19NO3/c1-9-2-5-11(6-3-9)18-13-7-4-10(15)8-12(13)14(16)17/h4,7-9,11H,2-3,5-6,15H2,1H3,(H,16,17). The van der Waals surface area contributed by atoms with Crippen LogP contribution in [0.3, 0.4) is 0 Å². The predicted octanol–water partition coefficient (Wildman–Crippen LogP) is 2.92. The van der Waals surface area contributed by atoms with Crippen LogP contribution in [0, 0.1) is 5.92 Å². The fourth-order valence-electron chi connectivity index (χ4n) is 2.34. The van der Waals surface area contributed by atoms with Crippen molar-refractivity contribution in [2.75, 3.05) is 5.73 Å². The molecule has 1 aliphatic rings. The molecule has 0 spiro atoms. The smallest absolute Gasteiger partial charge is 0.339 e. The van der Waals surface area contributed by atoms with Crippen molar-refractivity contribution in [2.45, 2.75) is 38.7 Å². The second kappa shape index (κ2) is 5.29. The molecule has 0 saturated heterocycles. The third-order valence-electron chi connectivity index (χ3n) is 3.49. The van der Waals surface area contributed by atoms with E-state index in [0.717, 1.165) is 31.6 Å². The highest BCUT2D eigenvalue weighted by Gasteiger charge is 2.21. The Morgan fingerprint density at radius 2 is 2.00 bits per heavy atom. The van der Waals surface area contributed by atoms with Crippen LogP contribution in [0.1, 0.15) is 43.0 Å². The van der Waals surface area contributed by atoms with Gasteiger partial charge in [-0.05, 0) is 49.8 Å². The minimum absolute atomic E-state index is 0.128. The number of ether oxygens (including phenoxy) is 1. The molecule has 0 aliphatic heterocycles. The molecule has 4 heteroatoms. The van der Waals surface area contributed by atoms with Gasteiger partial charge in [0.15, 0.2) is 0 Å². The van der Waals surface area contributed by atoms with E-state index in [9.17, 15) is 4.79 Å². The molecule has 0 aromatic heterocycles. The largest absolute Gasteiger partial charge is 0.490 e. The number of carbonyl (C=O) groups is 1. The van der Waals surface area contributed by atoms with Crippen LogP contribution in [0.2, 0.25) is 0 Å². The average molecular weight is 249 g/mol. The number of carboxylic acid groups (broad SMARTS) is 1. The molecule has 0 bridgehead atoms. The van der Waals surface area contributed by atoms with Gasteiger partial charge in [0.25, 0.3) is 0 Å². The van der Waals surface area contributed by atoms with Gasteiger partial charge in [0, 0.05) is 5.69 Å². The first kappa shape index (κ1) is 12.7. The summed E-state index contributed by atoms with van der Waals surface area (Å²) in [5.74, 6) is 0.174. The minimum atomic E-state index is -0.999. The van der Waals surface area contributed by atoms with E-state index < -0.39 is 5.97 Å². The van der Waals surface area contributed by atoms with Crippen molar-refractivity contribution in [3.05, 3.63) is 23.8 Å². The van der Waals surface area contributed by atoms with Gasteiger partial charge >= 0.3 is 5.97 Å². The summed E-state index contributed by atoms with van der Waals surface area (Å²) in [7, 11) is 0. The molecule has 1 aliphatic carbocycles. The van der Waals surface area contributed by atoms with E-state index in [1.165, 1.54) is 6.07 Å². The quantitative estimate of drug-likeness (QED) is 0.808. The molecule has 1 saturated carbocycles. The van der Waals surface area contributed by atoms with E-state index in [1.807, 2.05) is 0 Å². The van der Waals surface area contributed by atoms with E-state index in [4.69, 9.17) is 15.6 Å². The zero-order valence-electron chi connectivity index (χ0n) is 10.6. The highest BCUT2D eigenvalue weighted by Crippen LogP contribution is 2.29. The maximum absolute atomic E-state index is 11.1. The number of nitrogens with two attached hydrogens (primary N) is 1. The minimum Gasteiger partial charge on any atom is -0.490 e. The van der Waals surface area contributed by atoms with Gasteiger partial charge in [0.05, 0.1) is 6.10 Å². The number of hydrogen-bond acceptors (Lipinski definition) is 3. The summed E-state index contributed by atoms with van der Waals surface area (Å²) < 4.78 is 5.81. The molecule has 2 rings (SSSR count). The lowest BCUT2D eigenvalue weighted by molar-refractivity contribution is 0.0684. The molecular weight excluding hydrogens is 230 g/mol. The van der Waals surface area contributed by atoms with Gasteiger partial charge in [0.1, 0.15) is 11.3 Å². The van der Waals surface area contributed by atoms with Crippen LogP contribution >= 0.6 is 0 Å². The van der Waals surface area contributed by atoms with Gasteiger partial charge in [0.2, 0.25) is 0 Å². The van der Waals surface area contributed by atoms with Crippen LogP contribution in [0.5, 0.6) is 5.75 Å². The molecule has 4 nitrogen and oxygen atoms in total. The summed E-state index contributed by atoms with van der Waals surface area (Å²) >= 11 is 0. The van der Waals surface area contributed by atoms with E-state index in [2.05, 4.69) is 6.92 Å². The second-order valence-electron chi connectivity index (χ2n) is 5.06. The van der Waals surface area contributed by atoms with Crippen molar-refractivity contribution in [3.63, 3.8) is 0 Å². The molecule has 0 unspecified atom stereocenters. The van der Waals surface area contributed by atoms with Gasteiger partial charge in [-0.15, -0.1) is 0 Å². The molecule has 0 heterocycles. The highest BCUT2D eigenvalue weighted by molar-refractivity contribution is 5.92. The Hall–Kier alpha value is -1.71. The Kier molecular flexibility index (Phi) is 3.75. The molecule has 1 aromatic rings. The first-order chi connectivity index (χ1) is 8.56. The zero-order chi connectivity index (χ0) is 13.1. The second-order valence-corrected chi connectivity index (χ2v) is 5.06. The highest BCUT2D eigenvalue weighted by atomic mass is 16.5. The lowest BCUT2D eigenvalue weighted by atomic mass is 9.89. The third kappa shape index (κ3) is 2.94. The number of benzene rings is 1. The number of aromatic carboxylic acids is 1. The molecule has 0 radical (unpaired) electrons. The monoisotopic (exact) mass is 249 g/mol. The fourth-order valence-corrected chi connectivity index (χ4v) is 2.34. The van der Waals surface area contributed by atoms with Crippen molar-refractivity contribution in [1.82, 2.24) is 0 Å². The van der Waals surface area contributed by atoms with Crippen molar-refractivity contribution in [2.24, 2.45) is 5.92 Å². The van der Waals surface area contributed by atoms with Gasteiger partial charge in [-0.1, -0.05) is 6.92 Å². The molecule has 1 aromatic carbocycles. The van der Waals surface area contributed by atoms with Crippen LogP contribution in [0.25, 0.3) is 0 Å². The summed E-state index contributed by atoms with van der Waals surface area (Å²) in [6, 6.07) is 4.77. The van der Waals surface area contributed by atoms with Crippen molar-refractivity contribution >= 4 is 11.7 Å². The normalized spacial score (nSPS) is 23.6. The maximum Gasteiger partial charge on any atom is 0.339 e. The molecular formula is C14H19NO3. The summed E-state index contributed by atoms with van der Waals surface area (Å²) in [4.78, 5) is 11.1. The number of anilines is 1. The summed E-state index contributed by atoms with van der Waals surface area (Å²) in [5, 5.41) is 9.13. The van der Waals surface area contributed by atoms with Crippen molar-refractivity contribution in [3.8, 4) is 5.75 Å². The molecule has 18 heavy (non-hydrogen) atoms. The fraction of sp³-hybridized carbons (Fsp3) is 0.500. The lowest BCUT2D eigenvalue weighted by Gasteiger charge is -2.27. The molecule has 98 valence electrons. The molecule has 0 atom stereocenters. The number of carboxylic acids is 1. The Morgan fingerprint density at radius 3 is 2.61 bits per heavy atom. The predicted molar refractivity (Wildman–Crippen MR) is 69.9 cm³/mol. The number of hydrogen-bond donors (Lipinski definition) is 2. The van der Waals surface area contributed by atoms with Gasteiger partial charge in [-0.25, -0.2) is 4.79 Å². The number of rotatable bonds is 3. The van der Waals surface area contributed by atoms with Crippen molar-refractivity contribution < 1.29 is 14.6 Å². The number of nitrogen functional groups attached to an aromatic ring is 1. The average Bonchev–Trinajstić information content (AvgIpc) is 2.34. The first-order valence-electron chi connectivity index (χ1n) is 6.35. The third-order valence-corrected chi connectivity index (χ3v) is 3.49. The van der Waals surface area contributed by atoms with Gasteiger partial charge < -0.3 is 15.6 Å². The van der Waals surface area contributed by atoms with Crippen LogP contribution in [0.15, 0.2) is 18.2 Å². The maximum atomic E-state index is 11.1.